The van der Waals surface area contributed by atoms with Crippen molar-refractivity contribution in [3.63, 3.8) is 0 Å². The third-order valence-electron chi connectivity index (χ3n) is 2.14. The molecule has 0 spiro atoms. The smallest absolute Gasteiger partial charge is 0.129 e. The molecule has 2 N–H and O–H groups in total. The van der Waals surface area contributed by atoms with Crippen molar-refractivity contribution in [2.45, 2.75) is 19.3 Å². The molecule has 0 bridgehead atoms. The Morgan fingerprint density at radius 2 is 2.21 bits per heavy atom. The maximum absolute atomic E-state index is 13.5. The first kappa shape index (κ1) is 12.0. The van der Waals surface area contributed by atoms with Crippen molar-refractivity contribution in [2.75, 3.05) is 6.54 Å². The molecule has 1 rings (SSSR count). The van der Waals surface area contributed by atoms with E-state index in [1.165, 1.54) is 6.07 Å². The minimum atomic E-state index is -0.273. The molecule has 1 aromatic carbocycles. The molecule has 0 heterocycles. The van der Waals surface area contributed by atoms with Crippen LogP contribution in [0.3, 0.4) is 0 Å². The average Bonchev–Trinajstić information content (AvgIpc) is 2.01. The highest BCUT2D eigenvalue weighted by Gasteiger charge is 2.14. The monoisotopic (exact) mass is 279 g/mol. The Kier molecular flexibility index (Phi) is 4.35. The fraction of sp³-hybridized carbons (Fsp3) is 0.400. The van der Waals surface area contributed by atoms with E-state index in [2.05, 4.69) is 15.9 Å². The van der Waals surface area contributed by atoms with Crippen LogP contribution in [0.4, 0.5) is 4.39 Å². The number of halogens is 3. The van der Waals surface area contributed by atoms with Crippen molar-refractivity contribution < 1.29 is 4.39 Å². The van der Waals surface area contributed by atoms with Crippen LogP contribution in [-0.4, -0.2) is 6.54 Å². The van der Waals surface area contributed by atoms with Crippen LogP contribution in [0.1, 0.15) is 24.8 Å². The van der Waals surface area contributed by atoms with E-state index in [4.69, 9.17) is 17.3 Å². The highest BCUT2D eigenvalue weighted by Crippen LogP contribution is 2.31. The summed E-state index contributed by atoms with van der Waals surface area (Å²) in [5, 5.41) is 0.401. The largest absolute Gasteiger partial charge is 0.330 e. The fourth-order valence-electron chi connectivity index (χ4n) is 1.42. The van der Waals surface area contributed by atoms with Gasteiger partial charge in [0.05, 0.1) is 0 Å². The first-order chi connectivity index (χ1) is 6.56. The molecular weight excluding hydrogens is 268 g/mol. The Balaban J connectivity index is 3.07. The molecule has 1 unspecified atom stereocenters. The van der Waals surface area contributed by atoms with Crippen molar-refractivity contribution >= 4 is 27.5 Å². The van der Waals surface area contributed by atoms with Crippen LogP contribution in [-0.2, 0) is 0 Å². The zero-order valence-electron chi connectivity index (χ0n) is 7.86. The van der Waals surface area contributed by atoms with E-state index in [0.29, 0.717) is 21.6 Å². The summed E-state index contributed by atoms with van der Waals surface area (Å²) in [5.41, 5.74) is 6.09. The van der Waals surface area contributed by atoms with Gasteiger partial charge in [0.25, 0.3) is 0 Å². The zero-order chi connectivity index (χ0) is 10.7. The lowest BCUT2D eigenvalue weighted by Crippen LogP contribution is -2.06. The highest BCUT2D eigenvalue weighted by atomic mass is 79.9. The van der Waals surface area contributed by atoms with E-state index in [-0.39, 0.29) is 11.7 Å². The summed E-state index contributed by atoms with van der Waals surface area (Å²) in [7, 11) is 0. The SMILES string of the molecule is CC(CCN)c1c(F)cc(Cl)cc1Br. The number of hydrogen-bond donors (Lipinski definition) is 1. The summed E-state index contributed by atoms with van der Waals surface area (Å²) in [5.74, 6) is -0.169. The molecule has 78 valence electrons. The van der Waals surface area contributed by atoms with Gasteiger partial charge in [0.2, 0.25) is 0 Å². The van der Waals surface area contributed by atoms with Gasteiger partial charge >= 0.3 is 0 Å². The first-order valence-corrected chi connectivity index (χ1v) is 5.58. The summed E-state index contributed by atoms with van der Waals surface area (Å²) >= 11 is 9.01. The van der Waals surface area contributed by atoms with Crippen molar-refractivity contribution in [3.05, 3.63) is 33.0 Å². The molecule has 0 aliphatic carbocycles. The molecule has 0 aromatic heterocycles. The summed E-state index contributed by atoms with van der Waals surface area (Å²) in [6.07, 6.45) is 0.761. The van der Waals surface area contributed by atoms with Crippen LogP contribution in [0.15, 0.2) is 16.6 Å². The third kappa shape index (κ3) is 2.69. The summed E-state index contributed by atoms with van der Waals surface area (Å²) in [6, 6.07) is 3.03. The summed E-state index contributed by atoms with van der Waals surface area (Å²) in [6.45, 7) is 2.50. The second kappa shape index (κ2) is 5.10. The predicted molar refractivity (Wildman–Crippen MR) is 61.2 cm³/mol. The quantitative estimate of drug-likeness (QED) is 0.898. The van der Waals surface area contributed by atoms with Crippen LogP contribution >= 0.6 is 27.5 Å². The molecule has 1 aromatic rings. The second-order valence-corrected chi connectivity index (χ2v) is 4.55. The van der Waals surface area contributed by atoms with Crippen molar-refractivity contribution in [2.24, 2.45) is 5.73 Å². The van der Waals surface area contributed by atoms with E-state index in [9.17, 15) is 4.39 Å². The molecule has 4 heteroatoms. The molecule has 0 aliphatic rings. The van der Waals surface area contributed by atoms with Crippen LogP contribution in [0.2, 0.25) is 5.02 Å². The Bertz CT molecular complexity index is 307. The van der Waals surface area contributed by atoms with Crippen molar-refractivity contribution in [3.8, 4) is 0 Å². The van der Waals surface area contributed by atoms with E-state index in [1.54, 1.807) is 6.07 Å². The lowest BCUT2D eigenvalue weighted by molar-refractivity contribution is 0.575. The standard InChI is InChI=1S/C10H12BrClFN/c1-6(2-3-14)10-8(11)4-7(12)5-9(10)13/h4-6H,2-3,14H2,1H3. The number of hydrogen-bond acceptors (Lipinski definition) is 1. The van der Waals surface area contributed by atoms with Gasteiger partial charge in [-0.05, 0) is 31.0 Å². The minimum absolute atomic E-state index is 0.103. The average molecular weight is 281 g/mol. The Morgan fingerprint density at radius 1 is 1.57 bits per heavy atom. The van der Waals surface area contributed by atoms with Gasteiger partial charge in [-0.3, -0.25) is 0 Å². The van der Waals surface area contributed by atoms with Gasteiger partial charge in [-0.1, -0.05) is 34.5 Å². The van der Waals surface area contributed by atoms with Gasteiger partial charge < -0.3 is 5.73 Å². The molecule has 0 fully saturated rings. The van der Waals surface area contributed by atoms with Gasteiger partial charge in [-0.25, -0.2) is 4.39 Å². The second-order valence-electron chi connectivity index (χ2n) is 3.26. The highest BCUT2D eigenvalue weighted by molar-refractivity contribution is 9.10. The molecule has 1 nitrogen and oxygen atoms in total. The molecule has 0 saturated carbocycles. The van der Waals surface area contributed by atoms with Crippen LogP contribution in [0, 0.1) is 5.82 Å². The molecular formula is C10H12BrClFN. The number of rotatable bonds is 3. The van der Waals surface area contributed by atoms with Gasteiger partial charge in [0.1, 0.15) is 5.82 Å². The van der Waals surface area contributed by atoms with Crippen LogP contribution in [0.5, 0.6) is 0 Å². The Labute approximate surface area is 96.6 Å². The molecule has 14 heavy (non-hydrogen) atoms. The van der Waals surface area contributed by atoms with E-state index in [0.717, 1.165) is 6.42 Å². The predicted octanol–water partition coefficient (Wildman–Crippen LogP) is 3.69. The Hall–Kier alpha value is -0.120. The Morgan fingerprint density at radius 3 is 2.71 bits per heavy atom. The van der Waals surface area contributed by atoms with Gasteiger partial charge in [-0.2, -0.15) is 0 Å². The molecule has 0 amide bonds. The maximum Gasteiger partial charge on any atom is 0.129 e. The van der Waals surface area contributed by atoms with Crippen LogP contribution in [0.25, 0.3) is 0 Å². The van der Waals surface area contributed by atoms with Crippen molar-refractivity contribution in [1.29, 1.82) is 0 Å². The van der Waals surface area contributed by atoms with E-state index < -0.39 is 0 Å². The molecule has 0 radical (unpaired) electrons. The maximum atomic E-state index is 13.5. The topological polar surface area (TPSA) is 26.0 Å². The third-order valence-corrected chi connectivity index (χ3v) is 3.01. The lowest BCUT2D eigenvalue weighted by atomic mass is 9.97. The van der Waals surface area contributed by atoms with Crippen LogP contribution < -0.4 is 5.73 Å². The molecule has 0 aliphatic heterocycles. The zero-order valence-corrected chi connectivity index (χ0v) is 10.2. The minimum Gasteiger partial charge on any atom is -0.330 e. The van der Waals surface area contributed by atoms with E-state index in [1.807, 2.05) is 6.92 Å². The number of benzene rings is 1. The summed E-state index contributed by atoms with van der Waals surface area (Å²) in [4.78, 5) is 0. The first-order valence-electron chi connectivity index (χ1n) is 4.40. The van der Waals surface area contributed by atoms with Gasteiger partial charge in [0, 0.05) is 15.1 Å². The lowest BCUT2D eigenvalue weighted by Gasteiger charge is -2.13. The molecule has 0 saturated heterocycles. The van der Waals surface area contributed by atoms with Gasteiger partial charge in [0.15, 0.2) is 0 Å². The van der Waals surface area contributed by atoms with E-state index >= 15 is 0 Å². The van der Waals surface area contributed by atoms with Crippen molar-refractivity contribution in [1.82, 2.24) is 0 Å². The molecule has 1 atom stereocenters. The van der Waals surface area contributed by atoms with Gasteiger partial charge in [-0.15, -0.1) is 0 Å². The number of nitrogens with two attached hydrogens (primary N) is 1. The summed E-state index contributed by atoms with van der Waals surface area (Å²) < 4.78 is 14.2. The normalized spacial score (nSPS) is 12.9. The fourth-order valence-corrected chi connectivity index (χ4v) is 2.58.